The number of amides is 1. The molecule has 1 unspecified atom stereocenters. The van der Waals surface area contributed by atoms with Gasteiger partial charge < -0.3 is 10.2 Å². The van der Waals surface area contributed by atoms with Gasteiger partial charge in [0.1, 0.15) is 0 Å². The summed E-state index contributed by atoms with van der Waals surface area (Å²) >= 11 is 3.36. The van der Waals surface area contributed by atoms with Crippen molar-refractivity contribution < 1.29 is 4.79 Å². The average molecular weight is 320 g/mol. The second-order valence-electron chi connectivity index (χ2n) is 4.07. The number of nitrogens with zero attached hydrogens (tertiary/aromatic N) is 1. The number of halogens is 2. The van der Waals surface area contributed by atoms with Crippen LogP contribution in [0, 0.1) is 0 Å². The SMILES string of the molecule is CN(C(=O)c1ccc(Br)cc1)C1CCNC1.Cl. The van der Waals surface area contributed by atoms with Crippen molar-refractivity contribution in [3.8, 4) is 0 Å². The molecule has 2 rings (SSSR count). The molecule has 1 aromatic rings. The lowest BCUT2D eigenvalue weighted by molar-refractivity contribution is 0.0744. The maximum atomic E-state index is 12.1. The number of benzene rings is 1. The summed E-state index contributed by atoms with van der Waals surface area (Å²) in [6.07, 6.45) is 1.04. The largest absolute Gasteiger partial charge is 0.337 e. The van der Waals surface area contributed by atoms with Gasteiger partial charge in [-0.3, -0.25) is 4.79 Å². The van der Waals surface area contributed by atoms with Crippen LogP contribution >= 0.6 is 28.3 Å². The van der Waals surface area contributed by atoms with Gasteiger partial charge in [-0.2, -0.15) is 0 Å². The van der Waals surface area contributed by atoms with Gasteiger partial charge in [0, 0.05) is 29.7 Å². The van der Waals surface area contributed by atoms with Crippen LogP contribution in [-0.2, 0) is 0 Å². The van der Waals surface area contributed by atoms with Crippen molar-refractivity contribution in [2.75, 3.05) is 20.1 Å². The van der Waals surface area contributed by atoms with Gasteiger partial charge in [0.05, 0.1) is 0 Å². The van der Waals surface area contributed by atoms with Gasteiger partial charge in [-0.1, -0.05) is 15.9 Å². The van der Waals surface area contributed by atoms with Crippen molar-refractivity contribution in [3.05, 3.63) is 34.3 Å². The zero-order valence-electron chi connectivity index (χ0n) is 9.65. The summed E-state index contributed by atoms with van der Waals surface area (Å²) in [7, 11) is 1.88. The van der Waals surface area contributed by atoms with Gasteiger partial charge in [-0.15, -0.1) is 12.4 Å². The van der Waals surface area contributed by atoms with Crippen molar-refractivity contribution in [1.82, 2.24) is 10.2 Å². The van der Waals surface area contributed by atoms with Gasteiger partial charge in [0.2, 0.25) is 0 Å². The first-order chi connectivity index (χ1) is 7.68. The van der Waals surface area contributed by atoms with E-state index in [9.17, 15) is 4.79 Å². The van der Waals surface area contributed by atoms with Gasteiger partial charge in [0.25, 0.3) is 5.91 Å². The van der Waals surface area contributed by atoms with E-state index in [1.54, 1.807) is 0 Å². The minimum absolute atomic E-state index is 0. The summed E-state index contributed by atoms with van der Waals surface area (Å²) < 4.78 is 0.995. The van der Waals surface area contributed by atoms with Crippen LogP contribution in [-0.4, -0.2) is 37.0 Å². The first-order valence-corrected chi connectivity index (χ1v) is 6.21. The fourth-order valence-corrected chi connectivity index (χ4v) is 2.20. The molecule has 1 atom stereocenters. The zero-order valence-corrected chi connectivity index (χ0v) is 12.1. The van der Waals surface area contributed by atoms with E-state index in [1.807, 2.05) is 36.2 Å². The van der Waals surface area contributed by atoms with Crippen molar-refractivity contribution in [2.45, 2.75) is 12.5 Å². The number of nitrogens with one attached hydrogen (secondary N) is 1. The minimum Gasteiger partial charge on any atom is -0.337 e. The smallest absolute Gasteiger partial charge is 0.253 e. The molecule has 1 aliphatic heterocycles. The Morgan fingerprint density at radius 1 is 1.41 bits per heavy atom. The quantitative estimate of drug-likeness (QED) is 0.907. The maximum Gasteiger partial charge on any atom is 0.253 e. The Labute approximate surface area is 116 Å². The highest BCUT2D eigenvalue weighted by molar-refractivity contribution is 9.10. The van der Waals surface area contributed by atoms with E-state index < -0.39 is 0 Å². The standard InChI is InChI=1S/C12H15BrN2O.ClH/c1-15(11-6-7-14-8-11)12(16)9-2-4-10(13)5-3-9;/h2-5,11,14H,6-8H2,1H3;1H. The highest BCUT2D eigenvalue weighted by Crippen LogP contribution is 2.14. The number of carbonyl (C=O) groups is 1. The highest BCUT2D eigenvalue weighted by atomic mass is 79.9. The van der Waals surface area contributed by atoms with Crippen molar-refractivity contribution in [3.63, 3.8) is 0 Å². The summed E-state index contributed by atoms with van der Waals surface area (Å²) in [6, 6.07) is 7.83. The second kappa shape index (κ2) is 6.38. The lowest BCUT2D eigenvalue weighted by atomic mass is 10.1. The third-order valence-electron chi connectivity index (χ3n) is 2.99. The molecule has 94 valence electrons. The molecule has 3 nitrogen and oxygen atoms in total. The first-order valence-electron chi connectivity index (χ1n) is 5.42. The minimum atomic E-state index is 0. The summed E-state index contributed by atoms with van der Waals surface area (Å²) in [4.78, 5) is 14.0. The molecule has 0 radical (unpaired) electrons. The Morgan fingerprint density at radius 3 is 2.59 bits per heavy atom. The lowest BCUT2D eigenvalue weighted by Crippen LogP contribution is -2.38. The van der Waals surface area contributed by atoms with E-state index in [2.05, 4.69) is 21.2 Å². The van der Waals surface area contributed by atoms with E-state index in [0.717, 1.165) is 29.5 Å². The molecular weight excluding hydrogens is 304 g/mol. The average Bonchev–Trinajstić information content (AvgIpc) is 2.81. The molecule has 1 aliphatic rings. The van der Waals surface area contributed by atoms with Crippen LogP contribution in [0.2, 0.25) is 0 Å². The number of hydrogen-bond donors (Lipinski definition) is 1. The Bertz CT molecular complexity index is 377. The second-order valence-corrected chi connectivity index (χ2v) is 4.99. The highest BCUT2D eigenvalue weighted by Gasteiger charge is 2.23. The molecule has 1 amide bonds. The van der Waals surface area contributed by atoms with Gasteiger partial charge in [0.15, 0.2) is 0 Å². The molecule has 17 heavy (non-hydrogen) atoms. The number of rotatable bonds is 2. The summed E-state index contributed by atoms with van der Waals surface area (Å²) in [5.41, 5.74) is 0.748. The van der Waals surface area contributed by atoms with Crippen LogP contribution in [0.15, 0.2) is 28.7 Å². The molecule has 0 aliphatic carbocycles. The third kappa shape index (κ3) is 3.44. The maximum absolute atomic E-state index is 12.1. The van der Waals surface area contributed by atoms with Crippen LogP contribution in [0.1, 0.15) is 16.8 Å². The van der Waals surface area contributed by atoms with Crippen LogP contribution in [0.4, 0.5) is 0 Å². The number of likely N-dealkylation sites (N-methyl/N-ethyl adjacent to an activating group) is 1. The third-order valence-corrected chi connectivity index (χ3v) is 3.52. The normalized spacial score (nSPS) is 18.6. The zero-order chi connectivity index (χ0) is 11.5. The Kier molecular flexibility index (Phi) is 5.43. The molecule has 0 aromatic heterocycles. The molecule has 1 saturated heterocycles. The lowest BCUT2D eigenvalue weighted by Gasteiger charge is -2.23. The van der Waals surface area contributed by atoms with E-state index in [1.165, 1.54) is 0 Å². The Morgan fingerprint density at radius 2 is 2.06 bits per heavy atom. The van der Waals surface area contributed by atoms with Crippen LogP contribution in [0.3, 0.4) is 0 Å². The molecule has 1 aromatic carbocycles. The summed E-state index contributed by atoms with van der Waals surface area (Å²) in [5.74, 6) is 0.0983. The van der Waals surface area contributed by atoms with Crippen molar-refractivity contribution in [1.29, 1.82) is 0 Å². The molecule has 1 fully saturated rings. The predicted molar refractivity (Wildman–Crippen MR) is 74.8 cm³/mol. The summed E-state index contributed by atoms with van der Waals surface area (Å²) in [6.45, 7) is 1.90. The van der Waals surface area contributed by atoms with Crippen molar-refractivity contribution in [2.24, 2.45) is 0 Å². The van der Waals surface area contributed by atoms with Crippen LogP contribution in [0.25, 0.3) is 0 Å². The molecule has 0 saturated carbocycles. The first kappa shape index (κ1) is 14.5. The fraction of sp³-hybridized carbons (Fsp3) is 0.417. The molecule has 5 heteroatoms. The Balaban J connectivity index is 0.00000144. The number of hydrogen-bond acceptors (Lipinski definition) is 2. The molecule has 0 spiro atoms. The van der Waals surface area contributed by atoms with E-state index in [-0.39, 0.29) is 18.3 Å². The van der Waals surface area contributed by atoms with E-state index in [0.29, 0.717) is 6.04 Å². The molecular formula is C12H16BrClN2O. The monoisotopic (exact) mass is 318 g/mol. The predicted octanol–water partition coefficient (Wildman–Crippen LogP) is 2.30. The van der Waals surface area contributed by atoms with Gasteiger partial charge in [-0.05, 0) is 37.2 Å². The van der Waals surface area contributed by atoms with E-state index >= 15 is 0 Å². The van der Waals surface area contributed by atoms with Gasteiger partial charge in [-0.25, -0.2) is 0 Å². The van der Waals surface area contributed by atoms with E-state index in [4.69, 9.17) is 0 Å². The Hall–Kier alpha value is -0.580. The van der Waals surface area contributed by atoms with Crippen molar-refractivity contribution >= 4 is 34.2 Å². The van der Waals surface area contributed by atoms with Crippen LogP contribution in [0.5, 0.6) is 0 Å². The number of carbonyl (C=O) groups excluding carboxylic acids is 1. The summed E-state index contributed by atoms with van der Waals surface area (Å²) in [5, 5.41) is 3.27. The molecule has 0 bridgehead atoms. The van der Waals surface area contributed by atoms with Crippen LogP contribution < -0.4 is 5.32 Å². The molecule has 1 N–H and O–H groups in total. The van der Waals surface area contributed by atoms with Gasteiger partial charge >= 0.3 is 0 Å². The topological polar surface area (TPSA) is 32.3 Å². The fourth-order valence-electron chi connectivity index (χ4n) is 1.93. The molecule has 1 heterocycles.